The van der Waals surface area contributed by atoms with Crippen LogP contribution in [0.4, 0.5) is 0 Å². The average molecular weight is 415 g/mol. The van der Waals surface area contributed by atoms with Crippen LogP contribution in [0.3, 0.4) is 0 Å². The summed E-state index contributed by atoms with van der Waals surface area (Å²) in [6, 6.07) is 16.5. The first-order valence-corrected chi connectivity index (χ1v) is 12.6. The molecule has 0 bridgehead atoms. The minimum atomic E-state index is 0. The van der Waals surface area contributed by atoms with Gasteiger partial charge in [-0.2, -0.15) is 0 Å². The number of benzene rings is 2. The predicted octanol–water partition coefficient (Wildman–Crippen LogP) is 2.41. The molecule has 2 aliphatic rings. The van der Waals surface area contributed by atoms with Crippen molar-refractivity contribution in [2.75, 3.05) is 0 Å². The Kier molecular flexibility index (Phi) is 9.41. The van der Waals surface area contributed by atoms with Crippen molar-refractivity contribution < 1.29 is 40.6 Å². The van der Waals surface area contributed by atoms with E-state index in [1.807, 2.05) is 0 Å². The molecule has 0 spiro atoms. The van der Waals surface area contributed by atoms with Gasteiger partial charge in [-0.25, -0.2) is 0 Å². The topological polar surface area (TPSA) is 0 Å². The molecule has 4 rings (SSSR count). The zero-order valence-electron chi connectivity index (χ0n) is 22.8. The van der Waals surface area contributed by atoms with Gasteiger partial charge in [-0.3, -0.25) is 0 Å². The van der Waals surface area contributed by atoms with Crippen molar-refractivity contribution in [3.8, 4) is 0 Å². The minimum absolute atomic E-state index is 0. The van der Waals surface area contributed by atoms with E-state index in [-0.39, 0.29) is 40.6 Å². The maximum Gasteiger partial charge on any atom is 1.00 e. The molecule has 0 heterocycles. The molecular formula is C28H36Li2Si. The number of allylic oxidation sites excluding steroid dienone is 2. The van der Waals surface area contributed by atoms with E-state index in [1.54, 1.807) is 22.3 Å². The summed E-state index contributed by atoms with van der Waals surface area (Å²) in [5.74, 6) is 2.42. The summed E-state index contributed by atoms with van der Waals surface area (Å²) in [5, 5.41) is 0. The molecule has 0 fully saturated rings. The molecule has 154 valence electrons. The Bertz CT molecular complexity index is 916. The van der Waals surface area contributed by atoms with Gasteiger partial charge in [0.15, 0.2) is 0 Å². The fourth-order valence-electron chi connectivity index (χ4n) is 5.21. The Hall–Kier alpha value is -0.668. The van der Waals surface area contributed by atoms with Gasteiger partial charge in [0.2, 0.25) is 0 Å². The molecule has 0 nitrogen and oxygen atoms in total. The van der Waals surface area contributed by atoms with E-state index in [1.165, 1.54) is 34.3 Å². The van der Waals surface area contributed by atoms with E-state index in [9.17, 15) is 0 Å². The SMILES string of the molecule is CC1=Cc2c(C(C)C)cccc2C1C[Si]CC1C(C)=Cc2c(C(C)C)cccc21.[H-].[H-].[Li+].[Li+]. The molecule has 2 aliphatic carbocycles. The summed E-state index contributed by atoms with van der Waals surface area (Å²) in [6.07, 6.45) is 4.93. The van der Waals surface area contributed by atoms with Crippen LogP contribution in [-0.2, 0) is 0 Å². The third-order valence-corrected chi connectivity index (χ3v) is 8.28. The molecule has 0 saturated heterocycles. The van der Waals surface area contributed by atoms with E-state index in [0.717, 1.165) is 9.52 Å². The number of hydrogen-bond donors (Lipinski definition) is 0. The second-order valence-electron chi connectivity index (χ2n) is 9.55. The molecule has 2 aromatic rings. The van der Waals surface area contributed by atoms with Crippen LogP contribution in [0, 0.1) is 0 Å². The molecule has 2 atom stereocenters. The van der Waals surface area contributed by atoms with Gasteiger partial charge in [0.25, 0.3) is 0 Å². The first-order valence-electron chi connectivity index (χ1n) is 11.2. The Balaban J connectivity index is 0.00000256. The van der Waals surface area contributed by atoms with Crippen LogP contribution < -0.4 is 37.7 Å². The summed E-state index contributed by atoms with van der Waals surface area (Å²) in [6.45, 7) is 13.9. The first kappa shape index (κ1) is 26.6. The fourth-order valence-corrected chi connectivity index (χ4v) is 7.04. The quantitative estimate of drug-likeness (QED) is 0.637. The van der Waals surface area contributed by atoms with E-state index < -0.39 is 0 Å². The van der Waals surface area contributed by atoms with Crippen molar-refractivity contribution in [3.05, 3.63) is 80.9 Å². The summed E-state index contributed by atoms with van der Waals surface area (Å²) in [5.41, 5.74) is 12.3. The summed E-state index contributed by atoms with van der Waals surface area (Å²) < 4.78 is 0. The fraction of sp³-hybridized carbons (Fsp3) is 0.429. The van der Waals surface area contributed by atoms with Gasteiger partial charge >= 0.3 is 37.7 Å². The van der Waals surface area contributed by atoms with E-state index in [2.05, 4.69) is 90.1 Å². The smallest absolute Gasteiger partial charge is 1.00 e. The van der Waals surface area contributed by atoms with Crippen LogP contribution in [0.15, 0.2) is 47.5 Å². The number of fused-ring (bicyclic) bond motifs is 2. The molecule has 31 heavy (non-hydrogen) atoms. The van der Waals surface area contributed by atoms with Gasteiger partial charge in [0, 0.05) is 21.4 Å². The van der Waals surface area contributed by atoms with Crippen molar-refractivity contribution in [1.29, 1.82) is 0 Å². The zero-order valence-corrected chi connectivity index (χ0v) is 21.8. The van der Waals surface area contributed by atoms with E-state index >= 15 is 0 Å². The number of hydrogen-bond acceptors (Lipinski definition) is 0. The van der Waals surface area contributed by atoms with Gasteiger partial charge in [-0.05, 0) is 59.1 Å². The van der Waals surface area contributed by atoms with Gasteiger partial charge < -0.3 is 2.85 Å². The van der Waals surface area contributed by atoms with Gasteiger partial charge in [-0.15, -0.1) is 0 Å². The van der Waals surface area contributed by atoms with E-state index in [0.29, 0.717) is 23.7 Å². The Labute approximate surface area is 219 Å². The van der Waals surface area contributed by atoms with Crippen molar-refractivity contribution in [2.45, 2.75) is 77.3 Å². The normalized spacial score (nSPS) is 18.8. The predicted molar refractivity (Wildman–Crippen MR) is 131 cm³/mol. The molecule has 2 radical (unpaired) electrons. The van der Waals surface area contributed by atoms with Crippen LogP contribution in [0.25, 0.3) is 12.2 Å². The molecule has 2 unspecified atom stereocenters. The summed E-state index contributed by atoms with van der Waals surface area (Å²) in [7, 11) is 0.997. The molecule has 0 saturated carbocycles. The maximum atomic E-state index is 2.46. The van der Waals surface area contributed by atoms with Crippen LogP contribution >= 0.6 is 0 Å². The Morgan fingerprint density at radius 3 is 1.45 bits per heavy atom. The molecule has 0 N–H and O–H groups in total. The largest absolute Gasteiger partial charge is 1.00 e. The second kappa shape index (κ2) is 11.0. The molecule has 0 aliphatic heterocycles. The summed E-state index contributed by atoms with van der Waals surface area (Å²) >= 11 is 0. The van der Waals surface area contributed by atoms with Gasteiger partial charge in [-0.1, -0.05) is 99.5 Å². The second-order valence-corrected chi connectivity index (χ2v) is 10.9. The number of rotatable bonds is 6. The average Bonchev–Trinajstić information content (AvgIpc) is 3.17. The molecule has 2 aromatic carbocycles. The van der Waals surface area contributed by atoms with Crippen LogP contribution in [0.1, 0.15) is 101 Å². The Morgan fingerprint density at radius 1 is 0.710 bits per heavy atom. The minimum Gasteiger partial charge on any atom is -1.00 e. The standard InChI is InChI=1S/C28H34Si.2Li.2H/c1-17(2)21-9-7-11-23-25(21)13-19(5)27(23)15-29-16-28-20(6)14-26-22(18(3)4)10-8-12-24(26)28;;;;/h7-14,17-18,27-28H,15-16H2,1-6H3;;;;/q;2*+1;2*-1. The molecule has 3 heteroatoms. The molecular weight excluding hydrogens is 378 g/mol. The van der Waals surface area contributed by atoms with Crippen molar-refractivity contribution in [1.82, 2.24) is 0 Å². The Morgan fingerprint density at radius 2 is 1.10 bits per heavy atom. The van der Waals surface area contributed by atoms with Gasteiger partial charge in [0.1, 0.15) is 0 Å². The van der Waals surface area contributed by atoms with Crippen LogP contribution in [-0.4, -0.2) is 9.52 Å². The third-order valence-electron chi connectivity index (χ3n) is 6.88. The molecule has 0 amide bonds. The summed E-state index contributed by atoms with van der Waals surface area (Å²) in [4.78, 5) is 0. The van der Waals surface area contributed by atoms with E-state index in [4.69, 9.17) is 0 Å². The maximum absolute atomic E-state index is 2.46. The van der Waals surface area contributed by atoms with Crippen molar-refractivity contribution >= 4 is 21.7 Å². The van der Waals surface area contributed by atoms with Crippen LogP contribution in [0.5, 0.6) is 0 Å². The monoisotopic (exact) mass is 414 g/mol. The van der Waals surface area contributed by atoms with Crippen molar-refractivity contribution in [3.63, 3.8) is 0 Å². The van der Waals surface area contributed by atoms with Crippen LogP contribution in [0.2, 0.25) is 12.1 Å². The third kappa shape index (κ3) is 5.13. The van der Waals surface area contributed by atoms with Crippen molar-refractivity contribution in [2.24, 2.45) is 0 Å². The zero-order chi connectivity index (χ0) is 20.7. The molecule has 0 aromatic heterocycles. The van der Waals surface area contributed by atoms with Gasteiger partial charge in [0.05, 0.1) is 0 Å². The first-order chi connectivity index (χ1) is 13.9.